The second kappa shape index (κ2) is 8.31. The Morgan fingerprint density at radius 1 is 1.22 bits per heavy atom. The van der Waals surface area contributed by atoms with Gasteiger partial charge in [-0.05, 0) is 57.1 Å². The van der Waals surface area contributed by atoms with Crippen molar-refractivity contribution in [2.24, 2.45) is 0 Å². The van der Waals surface area contributed by atoms with Gasteiger partial charge >= 0.3 is 0 Å². The normalized spacial score (nSPS) is 16.0. The summed E-state index contributed by atoms with van der Waals surface area (Å²) in [5.74, 6) is -0.180. The van der Waals surface area contributed by atoms with Crippen LogP contribution in [0, 0.1) is 0 Å². The van der Waals surface area contributed by atoms with Crippen LogP contribution >= 0.6 is 0 Å². The molecular weight excluding hydrogens is 314 g/mol. The van der Waals surface area contributed by atoms with Gasteiger partial charge in [-0.2, -0.15) is 0 Å². The Morgan fingerprint density at radius 3 is 2.65 bits per heavy atom. The number of carbonyl (C=O) groups excluding carboxylic acids is 1. The average molecular weight is 339 g/mol. The van der Waals surface area contributed by atoms with E-state index in [1.165, 1.54) is 19.3 Å². The molecule has 1 heterocycles. The molecule has 1 aromatic rings. The van der Waals surface area contributed by atoms with Gasteiger partial charge in [0.2, 0.25) is 10.0 Å². The molecule has 2 N–H and O–H groups in total. The third-order valence-electron chi connectivity index (χ3n) is 3.81. The second-order valence-electron chi connectivity index (χ2n) is 5.97. The zero-order chi connectivity index (χ0) is 16.7. The first-order valence-corrected chi connectivity index (χ1v) is 9.91. The summed E-state index contributed by atoms with van der Waals surface area (Å²) in [5, 5.41) is 2.89. The molecule has 1 aliphatic heterocycles. The van der Waals surface area contributed by atoms with Crippen molar-refractivity contribution < 1.29 is 13.2 Å². The number of rotatable bonds is 7. The van der Waals surface area contributed by atoms with Crippen molar-refractivity contribution in [1.29, 1.82) is 0 Å². The van der Waals surface area contributed by atoms with Crippen molar-refractivity contribution >= 4 is 21.6 Å². The van der Waals surface area contributed by atoms with Crippen molar-refractivity contribution in [2.45, 2.75) is 25.7 Å². The number of carbonyl (C=O) groups is 1. The second-order valence-corrected chi connectivity index (χ2v) is 7.72. The first-order valence-electron chi connectivity index (χ1n) is 8.02. The van der Waals surface area contributed by atoms with Crippen LogP contribution in [0.4, 0.5) is 5.69 Å². The molecule has 7 heteroatoms. The molecule has 0 spiro atoms. The standard InChI is InChI=1S/C16H25N3O3S/c1-23(21,22)18-15-8-5-7-14(13-15)16(20)17-9-6-12-19-10-3-2-4-11-19/h5,7-8,13,18H,2-4,6,9-12H2,1H3,(H,17,20). The fourth-order valence-corrected chi connectivity index (χ4v) is 3.28. The van der Waals surface area contributed by atoms with Gasteiger partial charge in [0.1, 0.15) is 0 Å². The van der Waals surface area contributed by atoms with E-state index in [0.717, 1.165) is 32.3 Å². The molecule has 1 aromatic carbocycles. The van der Waals surface area contributed by atoms with E-state index in [2.05, 4.69) is 14.9 Å². The first kappa shape index (κ1) is 17.7. The zero-order valence-corrected chi connectivity index (χ0v) is 14.4. The third-order valence-corrected chi connectivity index (χ3v) is 4.42. The molecule has 23 heavy (non-hydrogen) atoms. The number of piperidine rings is 1. The summed E-state index contributed by atoms with van der Waals surface area (Å²) in [6.45, 7) is 3.95. The van der Waals surface area contributed by atoms with Gasteiger partial charge in [0, 0.05) is 17.8 Å². The Hall–Kier alpha value is -1.60. The minimum absolute atomic E-state index is 0.180. The van der Waals surface area contributed by atoms with Crippen LogP contribution in [-0.4, -0.2) is 51.7 Å². The minimum atomic E-state index is -3.34. The predicted molar refractivity (Wildman–Crippen MR) is 92.1 cm³/mol. The van der Waals surface area contributed by atoms with Gasteiger partial charge in [0.05, 0.1) is 6.26 Å². The molecule has 0 aromatic heterocycles. The lowest BCUT2D eigenvalue weighted by Crippen LogP contribution is -2.33. The zero-order valence-electron chi connectivity index (χ0n) is 13.5. The molecule has 0 atom stereocenters. The number of likely N-dealkylation sites (tertiary alicyclic amines) is 1. The molecule has 0 bridgehead atoms. The van der Waals surface area contributed by atoms with Gasteiger partial charge in [-0.25, -0.2) is 8.42 Å². The highest BCUT2D eigenvalue weighted by Gasteiger charge is 2.10. The number of nitrogens with one attached hydrogen (secondary N) is 2. The number of sulfonamides is 1. The van der Waals surface area contributed by atoms with Gasteiger partial charge in [-0.1, -0.05) is 12.5 Å². The molecule has 0 aliphatic carbocycles. The van der Waals surface area contributed by atoms with Crippen LogP contribution in [0.5, 0.6) is 0 Å². The maximum absolute atomic E-state index is 12.1. The van der Waals surface area contributed by atoms with Crippen LogP contribution in [0.1, 0.15) is 36.0 Å². The van der Waals surface area contributed by atoms with E-state index in [1.807, 2.05) is 0 Å². The maximum Gasteiger partial charge on any atom is 0.251 e. The van der Waals surface area contributed by atoms with E-state index in [4.69, 9.17) is 0 Å². The van der Waals surface area contributed by atoms with Gasteiger partial charge in [-0.15, -0.1) is 0 Å². The summed E-state index contributed by atoms with van der Waals surface area (Å²) in [5.41, 5.74) is 0.852. The highest BCUT2D eigenvalue weighted by atomic mass is 32.2. The summed E-state index contributed by atoms with van der Waals surface area (Å²) in [7, 11) is -3.34. The van der Waals surface area contributed by atoms with Crippen molar-refractivity contribution in [3.63, 3.8) is 0 Å². The van der Waals surface area contributed by atoms with E-state index in [9.17, 15) is 13.2 Å². The maximum atomic E-state index is 12.1. The molecule has 0 saturated carbocycles. The van der Waals surface area contributed by atoms with E-state index in [-0.39, 0.29) is 5.91 Å². The average Bonchev–Trinajstić information content (AvgIpc) is 2.51. The molecule has 128 valence electrons. The molecule has 1 aliphatic rings. The summed E-state index contributed by atoms with van der Waals surface area (Å²) in [6.07, 6.45) is 5.87. The summed E-state index contributed by atoms with van der Waals surface area (Å²) >= 11 is 0. The van der Waals surface area contributed by atoms with E-state index in [1.54, 1.807) is 24.3 Å². The number of nitrogens with zero attached hydrogens (tertiary/aromatic N) is 1. The number of hydrogen-bond acceptors (Lipinski definition) is 4. The summed E-state index contributed by atoms with van der Waals surface area (Å²) in [6, 6.07) is 6.50. The molecule has 1 amide bonds. The Kier molecular flexibility index (Phi) is 6.41. The fourth-order valence-electron chi connectivity index (χ4n) is 2.73. The highest BCUT2D eigenvalue weighted by molar-refractivity contribution is 7.92. The number of anilines is 1. The van der Waals surface area contributed by atoms with Crippen LogP contribution < -0.4 is 10.0 Å². The Balaban J connectivity index is 1.77. The topological polar surface area (TPSA) is 78.5 Å². The number of amides is 1. The lowest BCUT2D eigenvalue weighted by Gasteiger charge is -2.26. The fraction of sp³-hybridized carbons (Fsp3) is 0.562. The third kappa shape index (κ3) is 6.58. The monoisotopic (exact) mass is 339 g/mol. The number of hydrogen-bond donors (Lipinski definition) is 2. The first-order chi connectivity index (χ1) is 10.9. The SMILES string of the molecule is CS(=O)(=O)Nc1cccc(C(=O)NCCCN2CCCCC2)c1. The quantitative estimate of drug-likeness (QED) is 0.741. The molecular formula is C16H25N3O3S. The van der Waals surface area contributed by atoms with Crippen molar-refractivity contribution in [3.05, 3.63) is 29.8 Å². The molecule has 0 unspecified atom stereocenters. The lowest BCUT2D eigenvalue weighted by molar-refractivity contribution is 0.0951. The Morgan fingerprint density at radius 2 is 1.96 bits per heavy atom. The van der Waals surface area contributed by atoms with Crippen LogP contribution in [0.25, 0.3) is 0 Å². The van der Waals surface area contributed by atoms with E-state index < -0.39 is 10.0 Å². The Labute approximate surface area is 138 Å². The van der Waals surface area contributed by atoms with Crippen LogP contribution in [0.3, 0.4) is 0 Å². The van der Waals surface area contributed by atoms with Crippen molar-refractivity contribution in [3.8, 4) is 0 Å². The van der Waals surface area contributed by atoms with Gasteiger partial charge in [0.25, 0.3) is 5.91 Å². The highest BCUT2D eigenvalue weighted by Crippen LogP contribution is 2.12. The molecule has 6 nitrogen and oxygen atoms in total. The molecule has 1 fully saturated rings. The van der Waals surface area contributed by atoms with Crippen LogP contribution in [0.15, 0.2) is 24.3 Å². The largest absolute Gasteiger partial charge is 0.352 e. The summed E-state index contributed by atoms with van der Waals surface area (Å²) < 4.78 is 24.8. The van der Waals surface area contributed by atoms with Crippen LogP contribution in [-0.2, 0) is 10.0 Å². The van der Waals surface area contributed by atoms with Gasteiger partial charge in [0.15, 0.2) is 0 Å². The molecule has 1 saturated heterocycles. The van der Waals surface area contributed by atoms with Crippen molar-refractivity contribution in [1.82, 2.24) is 10.2 Å². The number of benzene rings is 1. The van der Waals surface area contributed by atoms with Gasteiger partial charge in [-0.3, -0.25) is 9.52 Å². The minimum Gasteiger partial charge on any atom is -0.352 e. The molecule has 2 rings (SSSR count). The summed E-state index contributed by atoms with van der Waals surface area (Å²) in [4.78, 5) is 14.5. The van der Waals surface area contributed by atoms with Gasteiger partial charge < -0.3 is 10.2 Å². The van der Waals surface area contributed by atoms with E-state index >= 15 is 0 Å². The van der Waals surface area contributed by atoms with Crippen molar-refractivity contribution in [2.75, 3.05) is 37.2 Å². The lowest BCUT2D eigenvalue weighted by atomic mass is 10.1. The Bertz CT molecular complexity index is 625. The predicted octanol–water partition coefficient (Wildman–Crippen LogP) is 1.66. The smallest absolute Gasteiger partial charge is 0.251 e. The van der Waals surface area contributed by atoms with Crippen LogP contribution in [0.2, 0.25) is 0 Å². The molecule has 0 radical (unpaired) electrons. The van der Waals surface area contributed by atoms with E-state index in [0.29, 0.717) is 17.8 Å².